The van der Waals surface area contributed by atoms with Crippen molar-refractivity contribution in [2.45, 2.75) is 51.2 Å². The largest absolute Gasteiger partial charge is 0.444 e. The molecule has 2 aliphatic rings. The smallest absolute Gasteiger partial charge is 0.410 e. The van der Waals surface area contributed by atoms with E-state index >= 15 is 0 Å². The molecule has 30 heavy (non-hydrogen) atoms. The molecule has 158 valence electrons. The van der Waals surface area contributed by atoms with Gasteiger partial charge in [0.2, 0.25) is 5.91 Å². The molecule has 2 amide bonds. The highest BCUT2D eigenvalue weighted by molar-refractivity contribution is 6.06. The molecule has 2 aromatic carbocycles. The Kier molecular flexibility index (Phi) is 5.54. The lowest BCUT2D eigenvalue weighted by Gasteiger charge is -2.52. The SMILES string of the molecule is CC(C)(C)OC(=O)N1CCC([C@@H]2[C@H](c3ccccc3)C(=O)N2c2ccccc2)CC1. The van der Waals surface area contributed by atoms with E-state index in [1.165, 1.54) is 0 Å². The first-order valence-electron chi connectivity index (χ1n) is 10.8. The Morgan fingerprint density at radius 1 is 0.933 bits per heavy atom. The van der Waals surface area contributed by atoms with E-state index in [0.29, 0.717) is 19.0 Å². The van der Waals surface area contributed by atoms with Gasteiger partial charge in [-0.05, 0) is 57.2 Å². The topological polar surface area (TPSA) is 49.9 Å². The molecule has 2 aromatic rings. The third-order valence-corrected chi connectivity index (χ3v) is 6.01. The molecule has 2 atom stereocenters. The van der Waals surface area contributed by atoms with Crippen LogP contribution in [0.15, 0.2) is 60.7 Å². The van der Waals surface area contributed by atoms with E-state index in [4.69, 9.17) is 4.74 Å². The van der Waals surface area contributed by atoms with Crippen LogP contribution in [0.5, 0.6) is 0 Å². The molecule has 0 saturated carbocycles. The van der Waals surface area contributed by atoms with Crippen LogP contribution in [-0.2, 0) is 9.53 Å². The fourth-order valence-electron chi connectivity index (χ4n) is 4.63. The molecule has 0 N–H and O–H groups in total. The van der Waals surface area contributed by atoms with Crippen molar-refractivity contribution in [2.75, 3.05) is 18.0 Å². The third kappa shape index (κ3) is 4.07. The molecular weight excluding hydrogens is 376 g/mol. The lowest BCUT2D eigenvalue weighted by Crippen LogP contribution is -2.64. The zero-order valence-corrected chi connectivity index (χ0v) is 18.0. The fraction of sp³-hybridized carbons (Fsp3) is 0.440. The summed E-state index contributed by atoms with van der Waals surface area (Å²) in [5.41, 5.74) is 1.54. The summed E-state index contributed by atoms with van der Waals surface area (Å²) in [5, 5.41) is 0. The number of piperidine rings is 1. The maximum atomic E-state index is 13.2. The highest BCUT2D eigenvalue weighted by Gasteiger charge is 2.52. The molecule has 0 radical (unpaired) electrons. The molecule has 0 spiro atoms. The van der Waals surface area contributed by atoms with Gasteiger partial charge in [0.1, 0.15) is 5.60 Å². The van der Waals surface area contributed by atoms with Crippen LogP contribution in [0.25, 0.3) is 0 Å². The second kappa shape index (κ2) is 8.13. The zero-order valence-electron chi connectivity index (χ0n) is 18.0. The van der Waals surface area contributed by atoms with Gasteiger partial charge in [0.25, 0.3) is 0 Å². The van der Waals surface area contributed by atoms with Gasteiger partial charge in [-0.2, -0.15) is 0 Å². The van der Waals surface area contributed by atoms with Crippen molar-refractivity contribution in [3.63, 3.8) is 0 Å². The number of likely N-dealkylation sites (tertiary alicyclic amines) is 1. The molecular formula is C25H30N2O3. The maximum Gasteiger partial charge on any atom is 0.410 e. The van der Waals surface area contributed by atoms with Crippen molar-refractivity contribution in [1.82, 2.24) is 4.90 Å². The Bertz CT molecular complexity index is 834. The first kappa shape index (κ1) is 20.5. The predicted molar refractivity (Wildman–Crippen MR) is 117 cm³/mol. The number of β-lactam (4-membered cyclic amide) rings is 1. The number of carbonyl (C=O) groups excluding carboxylic acids is 2. The molecule has 5 nitrogen and oxygen atoms in total. The molecule has 0 aromatic heterocycles. The molecule has 2 heterocycles. The van der Waals surface area contributed by atoms with Crippen molar-refractivity contribution < 1.29 is 14.3 Å². The number of carbonyl (C=O) groups is 2. The second-order valence-electron chi connectivity index (χ2n) is 9.23. The van der Waals surface area contributed by atoms with Crippen molar-refractivity contribution in [3.8, 4) is 0 Å². The second-order valence-corrected chi connectivity index (χ2v) is 9.23. The number of rotatable bonds is 3. The summed E-state index contributed by atoms with van der Waals surface area (Å²) in [6.07, 6.45) is 1.48. The Balaban J connectivity index is 1.52. The number of anilines is 1. The van der Waals surface area contributed by atoms with Gasteiger partial charge in [-0.15, -0.1) is 0 Å². The standard InChI is InChI=1S/C25H30N2O3/c1-25(2,3)30-24(29)26-16-14-19(15-17-26)22-21(18-10-6-4-7-11-18)23(28)27(22)20-12-8-5-9-13-20/h4-13,19,21-22H,14-17H2,1-3H3/t21-,22+/m0/s1. The minimum atomic E-state index is -0.489. The van der Waals surface area contributed by atoms with Gasteiger partial charge in [0.15, 0.2) is 0 Å². The van der Waals surface area contributed by atoms with Crippen molar-refractivity contribution in [3.05, 3.63) is 66.2 Å². The molecule has 2 aliphatic heterocycles. The minimum absolute atomic E-state index is 0.114. The van der Waals surface area contributed by atoms with E-state index < -0.39 is 5.60 Å². The van der Waals surface area contributed by atoms with E-state index in [9.17, 15) is 9.59 Å². The van der Waals surface area contributed by atoms with Crippen LogP contribution in [-0.4, -0.2) is 41.6 Å². The summed E-state index contributed by atoms with van der Waals surface area (Å²) in [6, 6.07) is 20.1. The molecule has 0 bridgehead atoms. The number of hydrogen-bond acceptors (Lipinski definition) is 3. The van der Waals surface area contributed by atoms with E-state index in [2.05, 4.69) is 0 Å². The maximum absolute atomic E-state index is 13.2. The quantitative estimate of drug-likeness (QED) is 0.686. The Hall–Kier alpha value is -2.82. The van der Waals surface area contributed by atoms with E-state index in [-0.39, 0.29) is 24.0 Å². The molecule has 0 aliphatic carbocycles. The van der Waals surface area contributed by atoms with Crippen LogP contribution in [0.1, 0.15) is 45.1 Å². The lowest BCUT2D eigenvalue weighted by molar-refractivity contribution is -0.128. The number of amides is 2. The summed E-state index contributed by atoms with van der Waals surface area (Å²) in [6.45, 7) is 6.99. The summed E-state index contributed by atoms with van der Waals surface area (Å²) in [5.74, 6) is 0.378. The average Bonchev–Trinajstić information content (AvgIpc) is 2.72. The molecule has 0 unspecified atom stereocenters. The number of nitrogens with zero attached hydrogens (tertiary/aromatic N) is 2. The first-order valence-corrected chi connectivity index (χ1v) is 10.8. The highest BCUT2D eigenvalue weighted by atomic mass is 16.6. The summed E-state index contributed by atoms with van der Waals surface area (Å²) >= 11 is 0. The molecule has 2 fully saturated rings. The Morgan fingerprint density at radius 3 is 2.07 bits per heavy atom. The van der Waals surface area contributed by atoms with E-state index in [0.717, 1.165) is 24.1 Å². The van der Waals surface area contributed by atoms with Crippen molar-refractivity contribution >= 4 is 17.7 Å². The average molecular weight is 407 g/mol. The molecule has 2 saturated heterocycles. The number of hydrogen-bond donors (Lipinski definition) is 0. The van der Waals surface area contributed by atoms with Crippen LogP contribution >= 0.6 is 0 Å². The number of benzene rings is 2. The fourth-order valence-corrected chi connectivity index (χ4v) is 4.63. The summed E-state index contributed by atoms with van der Waals surface area (Å²) in [4.78, 5) is 29.4. The van der Waals surface area contributed by atoms with Crippen molar-refractivity contribution in [1.29, 1.82) is 0 Å². The van der Waals surface area contributed by atoms with Crippen LogP contribution in [0, 0.1) is 5.92 Å². The van der Waals surface area contributed by atoms with Gasteiger partial charge in [-0.3, -0.25) is 4.79 Å². The highest BCUT2D eigenvalue weighted by Crippen LogP contribution is 2.45. The van der Waals surface area contributed by atoms with Gasteiger partial charge in [-0.1, -0.05) is 48.5 Å². The van der Waals surface area contributed by atoms with E-state index in [1.54, 1.807) is 4.90 Å². The third-order valence-electron chi connectivity index (χ3n) is 6.01. The molecule has 5 heteroatoms. The van der Waals surface area contributed by atoms with Crippen LogP contribution in [0.3, 0.4) is 0 Å². The van der Waals surface area contributed by atoms with Gasteiger partial charge in [-0.25, -0.2) is 4.79 Å². The lowest BCUT2D eigenvalue weighted by atomic mass is 9.71. The zero-order chi connectivity index (χ0) is 21.3. The Labute approximate surface area is 178 Å². The van der Waals surface area contributed by atoms with Gasteiger partial charge < -0.3 is 14.5 Å². The minimum Gasteiger partial charge on any atom is -0.444 e. The normalized spacial score (nSPS) is 22.6. The van der Waals surface area contributed by atoms with Crippen molar-refractivity contribution in [2.24, 2.45) is 5.92 Å². The van der Waals surface area contributed by atoms with Crippen LogP contribution in [0.4, 0.5) is 10.5 Å². The summed E-state index contributed by atoms with van der Waals surface area (Å²) < 4.78 is 5.53. The monoisotopic (exact) mass is 406 g/mol. The van der Waals surface area contributed by atoms with Crippen LogP contribution < -0.4 is 4.90 Å². The number of ether oxygens (including phenoxy) is 1. The number of para-hydroxylation sites is 1. The van der Waals surface area contributed by atoms with Gasteiger partial charge in [0, 0.05) is 18.8 Å². The van der Waals surface area contributed by atoms with Gasteiger partial charge >= 0.3 is 6.09 Å². The van der Waals surface area contributed by atoms with Gasteiger partial charge in [0.05, 0.1) is 12.0 Å². The van der Waals surface area contributed by atoms with E-state index in [1.807, 2.05) is 86.3 Å². The Morgan fingerprint density at radius 2 is 1.50 bits per heavy atom. The van der Waals surface area contributed by atoms with Crippen LogP contribution in [0.2, 0.25) is 0 Å². The first-order chi connectivity index (χ1) is 14.3. The predicted octanol–water partition coefficient (Wildman–Crippen LogP) is 4.83. The molecule has 4 rings (SSSR count). The summed E-state index contributed by atoms with van der Waals surface area (Å²) in [7, 11) is 0.